The molecule has 114 valence electrons. The van der Waals surface area contributed by atoms with Gasteiger partial charge in [-0.25, -0.2) is 0 Å². The molecule has 0 radical (unpaired) electrons. The summed E-state index contributed by atoms with van der Waals surface area (Å²) in [5.41, 5.74) is 0.375. The lowest BCUT2D eigenvalue weighted by molar-refractivity contribution is 0.168. The van der Waals surface area contributed by atoms with E-state index >= 15 is 0 Å². The van der Waals surface area contributed by atoms with Crippen molar-refractivity contribution >= 4 is 0 Å². The van der Waals surface area contributed by atoms with Crippen molar-refractivity contribution in [3.05, 3.63) is 0 Å². The first kappa shape index (κ1) is 17.0. The minimum absolute atomic E-state index is 0.375. The van der Waals surface area contributed by atoms with Crippen LogP contribution >= 0.6 is 0 Å². The first-order chi connectivity index (χ1) is 9.19. The Balaban J connectivity index is 2.54. The molecule has 0 aromatic heterocycles. The number of unbranched alkanes of at least 4 members (excludes halogenated alkanes) is 1. The molecule has 0 saturated carbocycles. The Morgan fingerprint density at radius 1 is 1.16 bits per heavy atom. The van der Waals surface area contributed by atoms with Crippen LogP contribution in [0.5, 0.6) is 0 Å². The van der Waals surface area contributed by atoms with Gasteiger partial charge in [0.25, 0.3) is 0 Å². The molecule has 0 amide bonds. The Hall–Kier alpha value is -0.0800. The second-order valence-corrected chi connectivity index (χ2v) is 6.42. The summed E-state index contributed by atoms with van der Waals surface area (Å²) in [6, 6.07) is 0. The Kier molecular flexibility index (Phi) is 8.01. The lowest BCUT2D eigenvalue weighted by Gasteiger charge is -2.36. The number of nitrogens with zero attached hydrogens (tertiary/aromatic N) is 1. The minimum Gasteiger partial charge on any atom is -0.310 e. The van der Waals surface area contributed by atoms with Crippen LogP contribution in [0.25, 0.3) is 0 Å². The zero-order valence-corrected chi connectivity index (χ0v) is 13.8. The maximum absolute atomic E-state index is 3.82. The van der Waals surface area contributed by atoms with Crippen LogP contribution in [-0.4, -0.2) is 36.6 Å². The van der Waals surface area contributed by atoms with Crippen LogP contribution in [0, 0.1) is 5.92 Å². The van der Waals surface area contributed by atoms with Crippen LogP contribution in [0.1, 0.15) is 72.6 Å². The van der Waals surface area contributed by atoms with Crippen molar-refractivity contribution in [2.75, 3.05) is 26.2 Å². The van der Waals surface area contributed by atoms with Gasteiger partial charge in [-0.3, -0.25) is 0 Å². The molecule has 2 nitrogen and oxygen atoms in total. The van der Waals surface area contributed by atoms with Crippen molar-refractivity contribution in [1.82, 2.24) is 10.2 Å². The summed E-state index contributed by atoms with van der Waals surface area (Å²) in [6.45, 7) is 14.4. The maximum Gasteiger partial charge on any atom is 0.0303 e. The highest BCUT2D eigenvalue weighted by Gasteiger charge is 2.30. The molecule has 0 bridgehead atoms. The molecule has 1 rings (SSSR count). The third kappa shape index (κ3) is 5.43. The van der Waals surface area contributed by atoms with E-state index in [0.717, 1.165) is 5.92 Å². The van der Waals surface area contributed by atoms with Crippen LogP contribution in [0.2, 0.25) is 0 Å². The lowest BCUT2D eigenvalue weighted by Crippen LogP contribution is -2.51. The van der Waals surface area contributed by atoms with Crippen LogP contribution in [-0.2, 0) is 0 Å². The van der Waals surface area contributed by atoms with Gasteiger partial charge in [-0.05, 0) is 44.7 Å². The molecule has 0 aromatic carbocycles. The molecular weight excluding hydrogens is 232 g/mol. The number of nitrogens with one attached hydrogen (secondary N) is 1. The predicted octanol–water partition coefficient (Wildman–Crippen LogP) is 4.06. The van der Waals surface area contributed by atoms with Crippen LogP contribution < -0.4 is 5.32 Å². The van der Waals surface area contributed by atoms with E-state index in [4.69, 9.17) is 0 Å². The predicted molar refractivity (Wildman–Crippen MR) is 85.7 cm³/mol. The Morgan fingerprint density at radius 2 is 1.89 bits per heavy atom. The van der Waals surface area contributed by atoms with E-state index in [-0.39, 0.29) is 0 Å². The topological polar surface area (TPSA) is 15.3 Å². The van der Waals surface area contributed by atoms with E-state index in [0.29, 0.717) is 5.54 Å². The average molecular weight is 268 g/mol. The molecule has 0 aromatic rings. The quantitative estimate of drug-likeness (QED) is 0.714. The maximum atomic E-state index is 3.82. The van der Waals surface area contributed by atoms with Gasteiger partial charge in [0.2, 0.25) is 0 Å². The zero-order valence-electron chi connectivity index (χ0n) is 13.8. The monoisotopic (exact) mass is 268 g/mol. The van der Waals surface area contributed by atoms with Crippen LogP contribution in [0.15, 0.2) is 0 Å². The molecular formula is C17H36N2. The molecule has 1 atom stereocenters. The number of rotatable bonds is 8. The number of hydrogen-bond acceptors (Lipinski definition) is 2. The molecule has 2 heteroatoms. The van der Waals surface area contributed by atoms with Gasteiger partial charge in [0.05, 0.1) is 0 Å². The van der Waals surface area contributed by atoms with Crippen molar-refractivity contribution in [1.29, 1.82) is 0 Å². The summed E-state index contributed by atoms with van der Waals surface area (Å²) in [5, 5.41) is 3.82. The van der Waals surface area contributed by atoms with Gasteiger partial charge in [0.1, 0.15) is 0 Å². The molecule has 1 aliphatic rings. The Labute approximate surface area is 121 Å². The molecule has 0 aliphatic carbocycles. The molecule has 1 aliphatic heterocycles. The second-order valence-electron chi connectivity index (χ2n) is 6.42. The highest BCUT2D eigenvalue weighted by atomic mass is 15.2. The largest absolute Gasteiger partial charge is 0.310 e. The van der Waals surface area contributed by atoms with Gasteiger partial charge in [-0.1, -0.05) is 47.0 Å². The number of hydrogen-bond donors (Lipinski definition) is 1. The van der Waals surface area contributed by atoms with Gasteiger partial charge < -0.3 is 10.2 Å². The fraction of sp³-hybridized carbons (Fsp3) is 1.00. The summed E-state index contributed by atoms with van der Waals surface area (Å²) in [5.74, 6) is 0.907. The van der Waals surface area contributed by atoms with E-state index in [1.54, 1.807) is 0 Å². The third-order valence-electron chi connectivity index (χ3n) is 5.09. The highest BCUT2D eigenvalue weighted by molar-refractivity contribution is 4.91. The van der Waals surface area contributed by atoms with Gasteiger partial charge in [0, 0.05) is 18.6 Å². The fourth-order valence-electron chi connectivity index (χ4n) is 3.38. The summed E-state index contributed by atoms with van der Waals surface area (Å²) < 4.78 is 0. The SMILES string of the molecule is CCCCC(CC)CN1CCCNC(CC)(CC)C1. The smallest absolute Gasteiger partial charge is 0.0303 e. The minimum atomic E-state index is 0.375. The van der Waals surface area contributed by atoms with E-state index in [1.807, 2.05) is 0 Å². The van der Waals surface area contributed by atoms with Crippen LogP contribution in [0.4, 0.5) is 0 Å². The van der Waals surface area contributed by atoms with Crippen molar-refractivity contribution in [2.24, 2.45) is 5.92 Å². The Bertz CT molecular complexity index is 223. The standard InChI is InChI=1S/C17H36N2/c1-5-9-11-16(6-2)14-19-13-10-12-18-17(7-3,8-4)15-19/h16,18H,5-15H2,1-4H3. The normalized spacial score (nSPS) is 22.1. The highest BCUT2D eigenvalue weighted by Crippen LogP contribution is 2.22. The van der Waals surface area contributed by atoms with Crippen LogP contribution in [0.3, 0.4) is 0 Å². The molecule has 1 saturated heterocycles. The molecule has 0 spiro atoms. The molecule has 1 unspecified atom stereocenters. The van der Waals surface area contributed by atoms with E-state index in [1.165, 1.54) is 71.1 Å². The van der Waals surface area contributed by atoms with Gasteiger partial charge in [-0.2, -0.15) is 0 Å². The average Bonchev–Trinajstić information content (AvgIpc) is 2.66. The van der Waals surface area contributed by atoms with Crippen molar-refractivity contribution < 1.29 is 0 Å². The van der Waals surface area contributed by atoms with Gasteiger partial charge in [0.15, 0.2) is 0 Å². The first-order valence-electron chi connectivity index (χ1n) is 8.67. The molecule has 1 heterocycles. The van der Waals surface area contributed by atoms with Crippen molar-refractivity contribution in [3.63, 3.8) is 0 Å². The fourth-order valence-corrected chi connectivity index (χ4v) is 3.38. The summed E-state index contributed by atoms with van der Waals surface area (Å²) in [7, 11) is 0. The molecule has 19 heavy (non-hydrogen) atoms. The molecule has 1 N–H and O–H groups in total. The molecule has 1 fully saturated rings. The first-order valence-corrected chi connectivity index (χ1v) is 8.67. The van der Waals surface area contributed by atoms with Crippen molar-refractivity contribution in [2.45, 2.75) is 78.2 Å². The van der Waals surface area contributed by atoms with Gasteiger partial charge in [-0.15, -0.1) is 0 Å². The van der Waals surface area contributed by atoms with E-state index in [2.05, 4.69) is 37.9 Å². The lowest BCUT2D eigenvalue weighted by atomic mass is 9.91. The second kappa shape index (κ2) is 8.97. The summed E-state index contributed by atoms with van der Waals surface area (Å²) in [4.78, 5) is 2.75. The van der Waals surface area contributed by atoms with E-state index < -0.39 is 0 Å². The third-order valence-corrected chi connectivity index (χ3v) is 5.09. The summed E-state index contributed by atoms with van der Waals surface area (Å²) in [6.07, 6.45) is 9.32. The zero-order chi connectivity index (χ0) is 14.1. The van der Waals surface area contributed by atoms with Gasteiger partial charge >= 0.3 is 0 Å². The van der Waals surface area contributed by atoms with E-state index in [9.17, 15) is 0 Å². The summed E-state index contributed by atoms with van der Waals surface area (Å²) >= 11 is 0. The Morgan fingerprint density at radius 3 is 2.47 bits per heavy atom. The van der Waals surface area contributed by atoms with Crippen molar-refractivity contribution in [3.8, 4) is 0 Å².